The van der Waals surface area contributed by atoms with E-state index >= 15 is 0 Å². The van der Waals surface area contributed by atoms with E-state index in [9.17, 15) is 4.79 Å². The molecule has 1 N–H and O–H groups in total. The third-order valence-electron chi connectivity index (χ3n) is 3.83. The van der Waals surface area contributed by atoms with Gasteiger partial charge >= 0.3 is 6.03 Å². The summed E-state index contributed by atoms with van der Waals surface area (Å²) in [4.78, 5) is 14.2. The van der Waals surface area contributed by atoms with Crippen LogP contribution in [-0.4, -0.2) is 36.2 Å². The summed E-state index contributed by atoms with van der Waals surface area (Å²) in [5.74, 6) is 0. The number of carbonyl (C=O) groups excluding carboxylic acids is 1. The van der Waals surface area contributed by atoms with E-state index < -0.39 is 0 Å². The molecule has 0 radical (unpaired) electrons. The second-order valence-corrected chi connectivity index (χ2v) is 5.55. The Morgan fingerprint density at radius 3 is 2.53 bits per heavy atom. The van der Waals surface area contributed by atoms with Gasteiger partial charge in [-0.05, 0) is 30.5 Å². The molecule has 2 amide bonds. The highest BCUT2D eigenvalue weighted by atomic mass is 35.5. The van der Waals surface area contributed by atoms with Crippen molar-refractivity contribution in [3.63, 3.8) is 0 Å². The first kappa shape index (κ1) is 12.8. The number of halogens is 1. The van der Waals surface area contributed by atoms with E-state index in [0.29, 0.717) is 24.8 Å². The fourth-order valence-corrected chi connectivity index (χ4v) is 2.96. The normalized spacial score (nSPS) is 25.4. The van der Waals surface area contributed by atoms with Gasteiger partial charge in [-0.3, -0.25) is 0 Å². The van der Waals surface area contributed by atoms with Gasteiger partial charge in [0.15, 0.2) is 0 Å². The average molecular weight is 281 g/mol. The molecular formula is C14H17ClN2O2. The topological polar surface area (TPSA) is 41.6 Å². The quantitative estimate of drug-likeness (QED) is 0.904. The summed E-state index contributed by atoms with van der Waals surface area (Å²) < 4.78 is 5.48. The van der Waals surface area contributed by atoms with Crippen LogP contribution in [0.1, 0.15) is 18.4 Å². The Kier molecular flexibility index (Phi) is 3.62. The number of hydrogen-bond acceptors (Lipinski definition) is 2. The molecule has 5 heteroatoms. The number of carbonyl (C=O) groups is 1. The van der Waals surface area contributed by atoms with Gasteiger partial charge in [0, 0.05) is 11.6 Å². The van der Waals surface area contributed by atoms with Crippen molar-refractivity contribution in [2.24, 2.45) is 0 Å². The molecule has 0 unspecified atom stereocenters. The minimum Gasteiger partial charge on any atom is -0.377 e. The molecule has 0 aromatic heterocycles. The van der Waals surface area contributed by atoms with Gasteiger partial charge in [-0.2, -0.15) is 0 Å². The van der Waals surface area contributed by atoms with E-state index in [1.807, 2.05) is 29.2 Å². The molecular weight excluding hydrogens is 264 g/mol. The Bertz CT molecular complexity index is 447. The van der Waals surface area contributed by atoms with Gasteiger partial charge in [0.1, 0.15) is 0 Å². The largest absolute Gasteiger partial charge is 0.377 e. The maximum atomic E-state index is 12.2. The summed E-state index contributed by atoms with van der Waals surface area (Å²) in [5, 5.41) is 3.69. The molecule has 2 fully saturated rings. The molecule has 0 aliphatic carbocycles. The molecule has 2 aliphatic heterocycles. The van der Waals surface area contributed by atoms with Gasteiger partial charge in [0.05, 0.1) is 25.3 Å². The predicted molar refractivity (Wildman–Crippen MR) is 73.2 cm³/mol. The van der Waals surface area contributed by atoms with Gasteiger partial charge in [-0.25, -0.2) is 4.79 Å². The molecule has 2 aliphatic rings. The molecule has 2 saturated heterocycles. The fourth-order valence-electron chi connectivity index (χ4n) is 2.83. The van der Waals surface area contributed by atoms with Gasteiger partial charge in [0.2, 0.25) is 0 Å². The number of nitrogens with zero attached hydrogens (tertiary/aromatic N) is 1. The van der Waals surface area contributed by atoms with Crippen LogP contribution in [0.3, 0.4) is 0 Å². The first-order valence-electron chi connectivity index (χ1n) is 6.62. The fraction of sp³-hybridized carbons (Fsp3) is 0.500. The Balaban J connectivity index is 1.58. The lowest BCUT2D eigenvalue weighted by Gasteiger charge is -2.34. The molecule has 0 saturated carbocycles. The van der Waals surface area contributed by atoms with Crippen molar-refractivity contribution in [1.29, 1.82) is 0 Å². The van der Waals surface area contributed by atoms with Gasteiger partial charge in [-0.1, -0.05) is 23.7 Å². The molecule has 102 valence electrons. The van der Waals surface area contributed by atoms with Crippen LogP contribution >= 0.6 is 11.6 Å². The Labute approximate surface area is 117 Å². The maximum Gasteiger partial charge on any atom is 0.318 e. The lowest BCUT2D eigenvalue weighted by Crippen LogP contribution is -2.52. The summed E-state index contributed by atoms with van der Waals surface area (Å²) in [7, 11) is 0. The van der Waals surface area contributed by atoms with Crippen molar-refractivity contribution in [2.75, 3.05) is 13.2 Å². The zero-order valence-corrected chi connectivity index (χ0v) is 11.4. The Hall–Kier alpha value is -1.26. The second-order valence-electron chi connectivity index (χ2n) is 5.11. The number of urea groups is 1. The number of nitrogens with one attached hydrogen (secondary N) is 1. The summed E-state index contributed by atoms with van der Waals surface area (Å²) >= 11 is 5.83. The van der Waals surface area contributed by atoms with Crippen molar-refractivity contribution in [3.8, 4) is 0 Å². The Morgan fingerprint density at radius 1 is 1.26 bits per heavy atom. The van der Waals surface area contributed by atoms with Crippen molar-refractivity contribution in [3.05, 3.63) is 34.9 Å². The second kappa shape index (κ2) is 5.39. The van der Waals surface area contributed by atoms with E-state index in [2.05, 4.69) is 5.32 Å². The molecule has 1 aromatic carbocycles. The zero-order chi connectivity index (χ0) is 13.2. The van der Waals surface area contributed by atoms with Crippen molar-refractivity contribution in [2.45, 2.75) is 31.5 Å². The number of rotatable bonds is 2. The molecule has 2 heterocycles. The summed E-state index contributed by atoms with van der Waals surface area (Å²) in [6.07, 6.45) is 2.11. The van der Waals surface area contributed by atoms with Crippen molar-refractivity contribution >= 4 is 17.6 Å². The smallest absolute Gasteiger partial charge is 0.318 e. The van der Waals surface area contributed by atoms with Crippen LogP contribution < -0.4 is 5.32 Å². The third-order valence-corrected chi connectivity index (χ3v) is 4.08. The highest BCUT2D eigenvalue weighted by Gasteiger charge is 2.40. The van der Waals surface area contributed by atoms with Crippen LogP contribution in [0.2, 0.25) is 5.02 Å². The number of ether oxygens (including phenoxy) is 1. The van der Waals surface area contributed by atoms with Crippen LogP contribution in [0.5, 0.6) is 0 Å². The number of fused-ring (bicyclic) bond motifs is 2. The van der Waals surface area contributed by atoms with Crippen LogP contribution in [0.15, 0.2) is 24.3 Å². The van der Waals surface area contributed by atoms with E-state index in [-0.39, 0.29) is 18.1 Å². The predicted octanol–water partition coefficient (Wildman–Crippen LogP) is 2.41. The number of morpholine rings is 1. The van der Waals surface area contributed by atoms with Gasteiger partial charge in [0.25, 0.3) is 0 Å². The molecule has 1 aromatic rings. The highest BCUT2D eigenvalue weighted by molar-refractivity contribution is 6.30. The monoisotopic (exact) mass is 280 g/mol. The van der Waals surface area contributed by atoms with Crippen LogP contribution in [-0.2, 0) is 11.3 Å². The zero-order valence-electron chi connectivity index (χ0n) is 10.6. The maximum absolute atomic E-state index is 12.2. The van der Waals surface area contributed by atoms with Crippen molar-refractivity contribution < 1.29 is 9.53 Å². The van der Waals surface area contributed by atoms with Crippen LogP contribution in [0, 0.1) is 0 Å². The molecule has 2 bridgehead atoms. The highest BCUT2D eigenvalue weighted by Crippen LogP contribution is 2.28. The Morgan fingerprint density at radius 2 is 1.89 bits per heavy atom. The molecule has 3 rings (SSSR count). The SMILES string of the molecule is O=C(NCc1ccc(Cl)cc1)N1[C@H]2CC[C@H]1COC2. The lowest BCUT2D eigenvalue weighted by molar-refractivity contribution is 0.00631. The van der Waals surface area contributed by atoms with E-state index in [4.69, 9.17) is 16.3 Å². The van der Waals surface area contributed by atoms with Gasteiger partial charge in [-0.15, -0.1) is 0 Å². The van der Waals surface area contributed by atoms with Crippen molar-refractivity contribution in [1.82, 2.24) is 10.2 Å². The molecule has 19 heavy (non-hydrogen) atoms. The number of hydrogen-bond donors (Lipinski definition) is 1. The van der Waals surface area contributed by atoms with Crippen LogP contribution in [0.25, 0.3) is 0 Å². The lowest BCUT2D eigenvalue weighted by atomic mass is 10.2. The first-order valence-corrected chi connectivity index (χ1v) is 7.00. The average Bonchev–Trinajstić information content (AvgIpc) is 2.67. The molecule has 4 nitrogen and oxygen atoms in total. The minimum atomic E-state index is 0.0192. The van der Waals surface area contributed by atoms with E-state index in [1.165, 1.54) is 0 Å². The van der Waals surface area contributed by atoms with E-state index in [0.717, 1.165) is 18.4 Å². The number of amides is 2. The minimum absolute atomic E-state index is 0.0192. The molecule has 0 spiro atoms. The van der Waals surface area contributed by atoms with E-state index in [1.54, 1.807) is 0 Å². The number of benzene rings is 1. The standard InChI is InChI=1S/C14H17ClN2O2/c15-11-3-1-10(2-4-11)7-16-14(18)17-12-5-6-13(17)9-19-8-12/h1-4,12-13H,5-9H2,(H,16,18)/t12-,13-/m0/s1. The summed E-state index contributed by atoms with van der Waals surface area (Å²) in [6.45, 7) is 1.88. The first-order chi connectivity index (χ1) is 9.24. The summed E-state index contributed by atoms with van der Waals surface area (Å²) in [5.41, 5.74) is 1.05. The van der Waals surface area contributed by atoms with Crippen LogP contribution in [0.4, 0.5) is 4.79 Å². The summed E-state index contributed by atoms with van der Waals surface area (Å²) in [6, 6.07) is 8.05. The third kappa shape index (κ3) is 2.69. The van der Waals surface area contributed by atoms with Gasteiger partial charge < -0.3 is 15.0 Å². The molecule has 2 atom stereocenters.